The van der Waals surface area contributed by atoms with E-state index in [0.717, 1.165) is 17.0 Å². The smallest absolute Gasteiger partial charge is 0.259 e. The Morgan fingerprint density at radius 2 is 2.12 bits per heavy atom. The van der Waals surface area contributed by atoms with Gasteiger partial charge in [-0.05, 0) is 49.9 Å². The quantitative estimate of drug-likeness (QED) is 0.630. The first-order valence-corrected chi connectivity index (χ1v) is 8.25. The Kier molecular flexibility index (Phi) is 4.69. The molecule has 0 spiro atoms. The fraction of sp³-hybridized carbons (Fsp3) is 0.368. The Balaban J connectivity index is 1.45. The van der Waals surface area contributed by atoms with Gasteiger partial charge in [-0.1, -0.05) is 24.6 Å². The molecular weight excluding hydrogens is 302 g/mol. The van der Waals surface area contributed by atoms with Crippen LogP contribution in [0.25, 0.3) is 0 Å². The number of hydrogen-bond acceptors (Lipinski definition) is 4. The molecule has 5 nitrogen and oxygen atoms in total. The minimum atomic E-state index is -0.200. The standard InChI is InChI=1S/C19H23N3O2/c1-12-4-6-17(14(3)8-12)20-11-19(23)22-21-10-15-5-7-18(24-15)16-9-13(16)2/h4-8,10,13,16,20H,9,11H2,1-3H3,(H,22,23)/b21-10-/t13-,16+/m0/s1. The maximum absolute atomic E-state index is 11.8. The van der Waals surface area contributed by atoms with Gasteiger partial charge in [-0.25, -0.2) is 5.43 Å². The molecule has 24 heavy (non-hydrogen) atoms. The lowest BCUT2D eigenvalue weighted by Gasteiger charge is -2.09. The van der Waals surface area contributed by atoms with Crippen LogP contribution in [0.1, 0.15) is 41.9 Å². The third kappa shape index (κ3) is 4.04. The molecule has 1 aliphatic rings. The van der Waals surface area contributed by atoms with Crippen LogP contribution >= 0.6 is 0 Å². The zero-order valence-electron chi connectivity index (χ0n) is 14.3. The second-order valence-electron chi connectivity index (χ2n) is 6.52. The number of aryl methyl sites for hydroxylation is 2. The van der Waals surface area contributed by atoms with Crippen LogP contribution in [0.15, 0.2) is 39.9 Å². The molecule has 2 N–H and O–H groups in total. The Hall–Kier alpha value is -2.56. The number of benzene rings is 1. The number of carbonyl (C=O) groups excluding carboxylic acids is 1. The molecular formula is C19H23N3O2. The Labute approximate surface area is 142 Å². The van der Waals surface area contributed by atoms with E-state index in [2.05, 4.69) is 28.8 Å². The topological polar surface area (TPSA) is 66.6 Å². The van der Waals surface area contributed by atoms with Gasteiger partial charge in [-0.15, -0.1) is 0 Å². The monoisotopic (exact) mass is 325 g/mol. The lowest BCUT2D eigenvalue weighted by atomic mass is 10.1. The number of hydrogen-bond donors (Lipinski definition) is 2. The van der Waals surface area contributed by atoms with Crippen LogP contribution in [0.5, 0.6) is 0 Å². The van der Waals surface area contributed by atoms with Gasteiger partial charge < -0.3 is 9.73 Å². The summed E-state index contributed by atoms with van der Waals surface area (Å²) in [6.07, 6.45) is 2.72. The zero-order valence-corrected chi connectivity index (χ0v) is 14.3. The lowest BCUT2D eigenvalue weighted by Crippen LogP contribution is -2.26. The summed E-state index contributed by atoms with van der Waals surface area (Å²) in [5.41, 5.74) is 5.77. The number of hydrazone groups is 1. The van der Waals surface area contributed by atoms with Gasteiger partial charge in [0.05, 0.1) is 12.8 Å². The average molecular weight is 325 g/mol. The van der Waals surface area contributed by atoms with Gasteiger partial charge >= 0.3 is 0 Å². The summed E-state index contributed by atoms with van der Waals surface area (Å²) in [4.78, 5) is 11.8. The molecule has 1 aliphatic carbocycles. The number of amides is 1. The van der Waals surface area contributed by atoms with Crippen LogP contribution in [0.4, 0.5) is 5.69 Å². The number of furan rings is 1. The molecule has 1 fully saturated rings. The van der Waals surface area contributed by atoms with E-state index in [1.54, 1.807) is 0 Å². The van der Waals surface area contributed by atoms with Crippen molar-refractivity contribution in [2.45, 2.75) is 33.1 Å². The minimum absolute atomic E-state index is 0.171. The number of nitrogens with zero attached hydrogens (tertiary/aromatic N) is 1. The van der Waals surface area contributed by atoms with E-state index in [-0.39, 0.29) is 12.5 Å². The second-order valence-corrected chi connectivity index (χ2v) is 6.52. The van der Waals surface area contributed by atoms with Crippen LogP contribution in [0, 0.1) is 19.8 Å². The van der Waals surface area contributed by atoms with Gasteiger partial charge in [-0.3, -0.25) is 4.79 Å². The Bertz CT molecular complexity index is 764. The van der Waals surface area contributed by atoms with Gasteiger partial charge in [-0.2, -0.15) is 5.10 Å². The van der Waals surface area contributed by atoms with Crippen molar-refractivity contribution in [1.29, 1.82) is 0 Å². The molecule has 0 radical (unpaired) electrons. The van der Waals surface area contributed by atoms with Crippen molar-refractivity contribution in [3.05, 3.63) is 53.0 Å². The van der Waals surface area contributed by atoms with E-state index in [1.807, 2.05) is 38.1 Å². The van der Waals surface area contributed by atoms with Gasteiger partial charge in [0.1, 0.15) is 11.5 Å². The molecule has 2 aromatic rings. The molecule has 1 aromatic heterocycles. The molecule has 0 saturated heterocycles. The molecule has 3 rings (SSSR count). The van der Waals surface area contributed by atoms with E-state index in [0.29, 0.717) is 17.6 Å². The number of carbonyl (C=O) groups is 1. The maximum Gasteiger partial charge on any atom is 0.259 e. The maximum atomic E-state index is 11.8. The van der Waals surface area contributed by atoms with E-state index in [9.17, 15) is 4.79 Å². The molecule has 5 heteroatoms. The fourth-order valence-electron chi connectivity index (χ4n) is 2.75. The van der Waals surface area contributed by atoms with E-state index in [4.69, 9.17) is 4.42 Å². The summed E-state index contributed by atoms with van der Waals surface area (Å²) in [6.45, 7) is 6.44. The fourth-order valence-corrected chi connectivity index (χ4v) is 2.75. The first-order chi connectivity index (χ1) is 11.5. The summed E-state index contributed by atoms with van der Waals surface area (Å²) in [7, 11) is 0. The van der Waals surface area contributed by atoms with E-state index < -0.39 is 0 Å². The van der Waals surface area contributed by atoms with Crippen molar-refractivity contribution in [3.8, 4) is 0 Å². The summed E-state index contributed by atoms with van der Waals surface area (Å²) in [5.74, 6) is 2.72. The molecule has 0 unspecified atom stereocenters. The summed E-state index contributed by atoms with van der Waals surface area (Å²) in [6, 6.07) is 9.93. The van der Waals surface area contributed by atoms with Crippen LogP contribution < -0.4 is 10.7 Å². The summed E-state index contributed by atoms with van der Waals surface area (Å²) in [5, 5.41) is 7.06. The van der Waals surface area contributed by atoms with E-state index in [1.165, 1.54) is 18.2 Å². The molecule has 1 amide bonds. The minimum Gasteiger partial charge on any atom is -0.460 e. The highest BCUT2D eigenvalue weighted by molar-refractivity contribution is 5.83. The average Bonchev–Trinajstić information content (AvgIpc) is 3.08. The summed E-state index contributed by atoms with van der Waals surface area (Å²) >= 11 is 0. The highest BCUT2D eigenvalue weighted by Gasteiger charge is 2.36. The molecule has 1 heterocycles. The molecule has 126 valence electrons. The van der Waals surface area contributed by atoms with Crippen molar-refractivity contribution in [3.63, 3.8) is 0 Å². The largest absolute Gasteiger partial charge is 0.460 e. The van der Waals surface area contributed by atoms with Crippen molar-refractivity contribution in [2.24, 2.45) is 11.0 Å². The number of anilines is 1. The first-order valence-electron chi connectivity index (χ1n) is 8.25. The van der Waals surface area contributed by atoms with Crippen molar-refractivity contribution >= 4 is 17.8 Å². The SMILES string of the molecule is Cc1ccc(NCC(=O)N/N=C\c2ccc([C@@H]3C[C@@H]3C)o2)c(C)c1. The molecule has 0 aliphatic heterocycles. The molecule has 1 aromatic carbocycles. The molecule has 1 saturated carbocycles. The zero-order chi connectivity index (χ0) is 17.1. The Morgan fingerprint density at radius 3 is 2.83 bits per heavy atom. The second kappa shape index (κ2) is 6.91. The third-order valence-corrected chi connectivity index (χ3v) is 4.32. The van der Waals surface area contributed by atoms with Gasteiger partial charge in [0.15, 0.2) is 0 Å². The number of rotatable bonds is 6. The predicted molar refractivity (Wildman–Crippen MR) is 95.4 cm³/mol. The van der Waals surface area contributed by atoms with Crippen LogP contribution in [-0.2, 0) is 4.79 Å². The Morgan fingerprint density at radius 1 is 1.33 bits per heavy atom. The third-order valence-electron chi connectivity index (χ3n) is 4.32. The molecule has 0 bridgehead atoms. The van der Waals surface area contributed by atoms with Gasteiger partial charge in [0.2, 0.25) is 0 Å². The van der Waals surface area contributed by atoms with Crippen LogP contribution in [0.3, 0.4) is 0 Å². The van der Waals surface area contributed by atoms with Gasteiger partial charge in [0.25, 0.3) is 5.91 Å². The van der Waals surface area contributed by atoms with Crippen LogP contribution in [0.2, 0.25) is 0 Å². The lowest BCUT2D eigenvalue weighted by molar-refractivity contribution is -0.119. The normalized spacial score (nSPS) is 19.5. The molecule has 2 atom stereocenters. The predicted octanol–water partition coefficient (Wildman–Crippen LogP) is 3.58. The highest BCUT2D eigenvalue weighted by Crippen LogP contribution is 2.47. The summed E-state index contributed by atoms with van der Waals surface area (Å²) < 4.78 is 5.70. The van der Waals surface area contributed by atoms with Crippen molar-refractivity contribution in [2.75, 3.05) is 11.9 Å². The van der Waals surface area contributed by atoms with Crippen molar-refractivity contribution in [1.82, 2.24) is 5.43 Å². The first kappa shape index (κ1) is 16.3. The van der Waals surface area contributed by atoms with E-state index >= 15 is 0 Å². The number of nitrogens with one attached hydrogen (secondary N) is 2. The van der Waals surface area contributed by atoms with Crippen LogP contribution in [-0.4, -0.2) is 18.7 Å². The highest BCUT2D eigenvalue weighted by atomic mass is 16.3. The van der Waals surface area contributed by atoms with Crippen molar-refractivity contribution < 1.29 is 9.21 Å². The van der Waals surface area contributed by atoms with Gasteiger partial charge in [0, 0.05) is 11.6 Å².